The maximum atomic E-state index is 12.5. The normalized spacial score (nSPS) is 11.3. The molecule has 0 aliphatic carbocycles. The van der Waals surface area contributed by atoms with Crippen LogP contribution in [0.25, 0.3) is 0 Å². The number of hydrogen-bond acceptors (Lipinski definition) is 5. The summed E-state index contributed by atoms with van der Waals surface area (Å²) < 4.78 is 4.93. The minimum absolute atomic E-state index is 0.160. The van der Waals surface area contributed by atoms with Gasteiger partial charge in [-0.15, -0.1) is 11.8 Å². The standard InChI is InChI=1S/C18H26N2O3S/c1-7-14-10-12(3)9-13(4)15(14)11-16(21)20(5)19-17(24-6)18(22)23-8-2/h9-10H,7-8,11H2,1-6H3. The van der Waals surface area contributed by atoms with E-state index < -0.39 is 5.97 Å². The number of aryl methyl sites for hydroxylation is 3. The number of benzene rings is 1. The monoisotopic (exact) mass is 350 g/mol. The van der Waals surface area contributed by atoms with Crippen LogP contribution in [0.1, 0.15) is 36.1 Å². The van der Waals surface area contributed by atoms with E-state index in [9.17, 15) is 9.59 Å². The third-order valence-electron chi connectivity index (χ3n) is 3.66. The predicted molar refractivity (Wildman–Crippen MR) is 99.4 cm³/mol. The quantitative estimate of drug-likeness (QED) is 0.354. The van der Waals surface area contributed by atoms with E-state index in [0.29, 0.717) is 0 Å². The highest BCUT2D eigenvalue weighted by Crippen LogP contribution is 2.19. The number of rotatable bonds is 5. The zero-order chi connectivity index (χ0) is 18.3. The lowest BCUT2D eigenvalue weighted by molar-refractivity contribution is -0.134. The van der Waals surface area contributed by atoms with E-state index in [2.05, 4.69) is 31.1 Å². The molecule has 5 nitrogen and oxygen atoms in total. The molecule has 1 rings (SSSR count). The predicted octanol–water partition coefficient (Wildman–Crippen LogP) is 3.11. The first-order valence-electron chi connectivity index (χ1n) is 7.99. The van der Waals surface area contributed by atoms with E-state index >= 15 is 0 Å². The first-order valence-corrected chi connectivity index (χ1v) is 9.21. The van der Waals surface area contributed by atoms with E-state index in [0.717, 1.165) is 29.3 Å². The minimum Gasteiger partial charge on any atom is -0.461 e. The molecule has 0 aliphatic rings. The summed E-state index contributed by atoms with van der Waals surface area (Å²) in [6.07, 6.45) is 2.87. The second-order valence-corrected chi connectivity index (χ2v) is 6.29. The maximum Gasteiger partial charge on any atom is 0.365 e. The van der Waals surface area contributed by atoms with Gasteiger partial charge in [-0.3, -0.25) is 4.79 Å². The summed E-state index contributed by atoms with van der Waals surface area (Å²) in [5, 5.41) is 5.50. The Morgan fingerprint density at radius 2 is 1.92 bits per heavy atom. The molecule has 0 heterocycles. The first-order chi connectivity index (χ1) is 11.3. The van der Waals surface area contributed by atoms with Gasteiger partial charge in [0, 0.05) is 7.05 Å². The van der Waals surface area contributed by atoms with E-state index in [-0.39, 0.29) is 24.0 Å². The third kappa shape index (κ3) is 5.37. The summed E-state index contributed by atoms with van der Waals surface area (Å²) in [4.78, 5) is 24.3. The van der Waals surface area contributed by atoms with Crippen LogP contribution in [0.4, 0.5) is 0 Å². The Labute approximate surface area is 148 Å². The number of hydrogen-bond donors (Lipinski definition) is 0. The fraction of sp³-hybridized carbons (Fsp3) is 0.500. The molecule has 6 heteroatoms. The van der Waals surface area contributed by atoms with Gasteiger partial charge in [0.2, 0.25) is 11.0 Å². The molecule has 0 aromatic heterocycles. The highest BCUT2D eigenvalue weighted by atomic mass is 32.2. The smallest absolute Gasteiger partial charge is 0.365 e. The molecule has 0 saturated carbocycles. The fourth-order valence-electron chi connectivity index (χ4n) is 2.47. The van der Waals surface area contributed by atoms with E-state index in [1.165, 1.54) is 16.1 Å². The number of amides is 1. The number of esters is 1. The Bertz CT molecular complexity index is 641. The Kier molecular flexibility index (Phi) is 7.98. The van der Waals surface area contributed by atoms with Gasteiger partial charge in [0.15, 0.2) is 0 Å². The van der Waals surface area contributed by atoms with E-state index in [4.69, 9.17) is 4.74 Å². The van der Waals surface area contributed by atoms with Gasteiger partial charge >= 0.3 is 5.97 Å². The first kappa shape index (κ1) is 20.2. The molecular formula is C18H26N2O3S. The molecule has 0 N–H and O–H groups in total. The Morgan fingerprint density at radius 1 is 1.25 bits per heavy atom. The molecular weight excluding hydrogens is 324 g/mol. The van der Waals surface area contributed by atoms with Crippen LogP contribution < -0.4 is 0 Å². The SMILES string of the molecule is CCOC(=O)C(=NN(C)C(=O)Cc1c(C)cc(C)cc1CC)SC. The van der Waals surface area contributed by atoms with Crippen LogP contribution in [-0.2, 0) is 27.2 Å². The van der Waals surface area contributed by atoms with Gasteiger partial charge in [0.25, 0.3) is 0 Å². The number of carbonyl (C=O) groups is 2. The van der Waals surface area contributed by atoms with Crippen molar-refractivity contribution >= 4 is 28.7 Å². The molecule has 0 atom stereocenters. The topological polar surface area (TPSA) is 59.0 Å². The molecule has 0 saturated heterocycles. The minimum atomic E-state index is -0.509. The molecule has 24 heavy (non-hydrogen) atoms. The van der Waals surface area contributed by atoms with Crippen molar-refractivity contribution in [1.82, 2.24) is 5.01 Å². The number of nitrogens with zero attached hydrogens (tertiary/aromatic N) is 2. The molecule has 1 aromatic carbocycles. The molecule has 0 radical (unpaired) electrons. The van der Waals surface area contributed by atoms with Gasteiger partial charge in [-0.25, -0.2) is 9.80 Å². The van der Waals surface area contributed by atoms with Crippen LogP contribution >= 0.6 is 11.8 Å². The van der Waals surface area contributed by atoms with Crippen molar-refractivity contribution in [2.45, 2.75) is 40.5 Å². The summed E-state index contributed by atoms with van der Waals surface area (Å²) >= 11 is 1.16. The Hall–Kier alpha value is -1.82. The van der Waals surface area contributed by atoms with Crippen molar-refractivity contribution < 1.29 is 14.3 Å². The summed E-state index contributed by atoms with van der Waals surface area (Å²) in [6.45, 7) is 8.16. The number of thioether (sulfide) groups is 1. The van der Waals surface area contributed by atoms with Crippen LogP contribution in [0.5, 0.6) is 0 Å². The Morgan fingerprint density at radius 3 is 2.46 bits per heavy atom. The summed E-state index contributed by atoms with van der Waals surface area (Å²) in [5.41, 5.74) is 4.51. The second-order valence-electron chi connectivity index (χ2n) is 5.50. The van der Waals surface area contributed by atoms with Crippen molar-refractivity contribution in [2.24, 2.45) is 5.10 Å². The van der Waals surface area contributed by atoms with Crippen molar-refractivity contribution in [3.8, 4) is 0 Å². The molecule has 0 spiro atoms. The fourth-order valence-corrected chi connectivity index (χ4v) is 2.90. The largest absolute Gasteiger partial charge is 0.461 e. The third-order valence-corrected chi connectivity index (χ3v) is 4.30. The molecule has 132 valence electrons. The van der Waals surface area contributed by atoms with Crippen LogP contribution in [0.2, 0.25) is 0 Å². The maximum absolute atomic E-state index is 12.5. The summed E-state index contributed by atoms with van der Waals surface area (Å²) in [5.74, 6) is -0.669. The van der Waals surface area contributed by atoms with Gasteiger partial charge in [0.05, 0.1) is 13.0 Å². The van der Waals surface area contributed by atoms with Crippen LogP contribution in [0.15, 0.2) is 17.2 Å². The average Bonchev–Trinajstić information content (AvgIpc) is 2.54. The van der Waals surface area contributed by atoms with Gasteiger partial charge in [-0.1, -0.05) is 24.6 Å². The molecule has 0 unspecified atom stereocenters. The molecule has 0 bridgehead atoms. The van der Waals surface area contributed by atoms with Crippen molar-refractivity contribution in [3.05, 3.63) is 34.4 Å². The van der Waals surface area contributed by atoms with E-state index in [1.54, 1.807) is 20.2 Å². The number of likely N-dealkylation sites (N-methyl/N-ethyl adjacent to an activating group) is 1. The molecule has 1 amide bonds. The van der Waals surface area contributed by atoms with E-state index in [1.807, 2.05) is 6.92 Å². The summed E-state index contributed by atoms with van der Waals surface area (Å²) in [7, 11) is 1.56. The lowest BCUT2D eigenvalue weighted by Crippen LogP contribution is -2.27. The van der Waals surface area contributed by atoms with Crippen molar-refractivity contribution in [2.75, 3.05) is 19.9 Å². The lowest BCUT2D eigenvalue weighted by atomic mass is 9.95. The van der Waals surface area contributed by atoms with Crippen molar-refractivity contribution in [1.29, 1.82) is 0 Å². The number of ether oxygens (including phenoxy) is 1. The number of carbonyl (C=O) groups excluding carboxylic acids is 2. The molecule has 0 fully saturated rings. The van der Waals surface area contributed by atoms with Gasteiger partial charge in [0.1, 0.15) is 0 Å². The molecule has 1 aromatic rings. The van der Waals surface area contributed by atoms with Crippen LogP contribution in [0.3, 0.4) is 0 Å². The zero-order valence-corrected chi connectivity index (χ0v) is 16.1. The van der Waals surface area contributed by atoms with Crippen molar-refractivity contribution in [3.63, 3.8) is 0 Å². The summed E-state index contributed by atoms with van der Waals surface area (Å²) in [6, 6.07) is 4.20. The Balaban J connectivity index is 2.97. The van der Waals surface area contributed by atoms with Crippen LogP contribution in [0, 0.1) is 13.8 Å². The highest BCUT2D eigenvalue weighted by Gasteiger charge is 2.17. The number of hydrazone groups is 1. The van der Waals surface area contributed by atoms with Gasteiger partial charge in [-0.2, -0.15) is 5.10 Å². The van der Waals surface area contributed by atoms with Gasteiger partial charge < -0.3 is 4.74 Å². The zero-order valence-electron chi connectivity index (χ0n) is 15.3. The van der Waals surface area contributed by atoms with Crippen LogP contribution in [-0.4, -0.2) is 41.8 Å². The average molecular weight is 350 g/mol. The van der Waals surface area contributed by atoms with Gasteiger partial charge in [-0.05, 0) is 50.1 Å². The highest BCUT2D eigenvalue weighted by molar-refractivity contribution is 8.15. The lowest BCUT2D eigenvalue weighted by Gasteiger charge is -2.16. The second kappa shape index (κ2) is 9.47. The molecule has 0 aliphatic heterocycles.